The van der Waals surface area contributed by atoms with Crippen LogP contribution in [0.15, 0.2) is 24.7 Å². The fraction of sp³-hybridized carbons (Fsp3) is 0.556. The van der Waals surface area contributed by atoms with E-state index in [1.54, 1.807) is 0 Å². The van der Waals surface area contributed by atoms with Gasteiger partial charge in [-0.3, -0.25) is 0 Å². The SMILES string of the molecule is C=CCC1(F)C(F)(F)C(F)(F)C1(F)OC(F)=C(F)F. The molecule has 1 nitrogen and oxygen atoms in total. The molecule has 0 spiro atoms. The van der Waals surface area contributed by atoms with Crippen molar-refractivity contribution in [3.8, 4) is 0 Å². The van der Waals surface area contributed by atoms with Gasteiger partial charge in [0, 0.05) is 6.42 Å². The predicted octanol–water partition coefficient (Wildman–Crippen LogP) is 4.27. The Morgan fingerprint density at radius 2 is 1.42 bits per heavy atom. The van der Waals surface area contributed by atoms with Crippen molar-refractivity contribution in [2.24, 2.45) is 0 Å². The first kappa shape index (κ1) is 15.7. The van der Waals surface area contributed by atoms with E-state index >= 15 is 0 Å². The van der Waals surface area contributed by atoms with Gasteiger partial charge in [0.25, 0.3) is 5.67 Å². The smallest absolute Gasteiger partial charge is 0.385 e. The van der Waals surface area contributed by atoms with Crippen LogP contribution in [0.4, 0.5) is 39.5 Å². The second kappa shape index (κ2) is 4.07. The highest BCUT2D eigenvalue weighted by Crippen LogP contribution is 2.70. The highest BCUT2D eigenvalue weighted by molar-refractivity contribution is 5.29. The van der Waals surface area contributed by atoms with Crippen LogP contribution in [0.2, 0.25) is 0 Å². The van der Waals surface area contributed by atoms with E-state index in [4.69, 9.17) is 0 Å². The van der Waals surface area contributed by atoms with Gasteiger partial charge in [-0.25, -0.2) is 4.39 Å². The number of ether oxygens (including phenoxy) is 1. The van der Waals surface area contributed by atoms with Gasteiger partial charge in [0.15, 0.2) is 0 Å². The van der Waals surface area contributed by atoms with Crippen LogP contribution in [-0.2, 0) is 4.74 Å². The molecule has 0 heterocycles. The highest BCUT2D eigenvalue weighted by Gasteiger charge is 3.00. The van der Waals surface area contributed by atoms with Gasteiger partial charge in [-0.05, 0) is 0 Å². The molecule has 0 aromatic rings. The summed E-state index contributed by atoms with van der Waals surface area (Å²) in [6, 6.07) is -3.20. The summed E-state index contributed by atoms with van der Waals surface area (Å²) in [4.78, 5) is 0. The molecule has 2 atom stereocenters. The summed E-state index contributed by atoms with van der Waals surface area (Å²) < 4.78 is 117. The molecule has 1 aliphatic carbocycles. The van der Waals surface area contributed by atoms with Gasteiger partial charge in [0.05, 0.1) is 0 Å². The Labute approximate surface area is 99.9 Å². The predicted molar refractivity (Wildman–Crippen MR) is 43.8 cm³/mol. The van der Waals surface area contributed by atoms with Crippen molar-refractivity contribution < 1.29 is 44.3 Å². The van der Waals surface area contributed by atoms with E-state index in [2.05, 4.69) is 11.3 Å². The number of hydrogen-bond donors (Lipinski definition) is 0. The molecule has 0 radical (unpaired) electrons. The van der Waals surface area contributed by atoms with Crippen molar-refractivity contribution >= 4 is 0 Å². The zero-order valence-corrected chi connectivity index (χ0v) is 8.80. The van der Waals surface area contributed by atoms with E-state index < -0.39 is 41.9 Å². The standard InChI is InChI=1S/C9H5F9O/c1-2-3-6(13)7(14,15)8(16,17)9(6,18)19-5(12)4(10)11/h2H,1,3H2. The van der Waals surface area contributed by atoms with Gasteiger partial charge in [0.1, 0.15) is 0 Å². The average molecular weight is 300 g/mol. The molecular weight excluding hydrogens is 295 g/mol. The van der Waals surface area contributed by atoms with Gasteiger partial charge >= 0.3 is 29.8 Å². The number of halogens is 9. The second-order valence-corrected chi connectivity index (χ2v) is 3.67. The number of alkyl halides is 6. The van der Waals surface area contributed by atoms with Gasteiger partial charge in [-0.2, -0.15) is 35.1 Å². The van der Waals surface area contributed by atoms with Crippen LogP contribution in [-0.4, -0.2) is 23.4 Å². The molecule has 0 aromatic heterocycles. The van der Waals surface area contributed by atoms with Crippen LogP contribution in [0, 0.1) is 0 Å². The summed E-state index contributed by atoms with van der Waals surface area (Å²) in [5.41, 5.74) is -4.72. The van der Waals surface area contributed by atoms with Gasteiger partial charge in [-0.15, -0.1) is 6.58 Å². The van der Waals surface area contributed by atoms with Crippen LogP contribution in [0.1, 0.15) is 6.42 Å². The topological polar surface area (TPSA) is 9.23 Å². The van der Waals surface area contributed by atoms with Crippen molar-refractivity contribution in [1.82, 2.24) is 0 Å². The molecule has 19 heavy (non-hydrogen) atoms. The van der Waals surface area contributed by atoms with Gasteiger partial charge < -0.3 is 4.74 Å². The molecule has 0 aromatic carbocycles. The minimum atomic E-state index is -5.83. The Bertz CT molecular complexity index is 427. The maximum atomic E-state index is 13.6. The van der Waals surface area contributed by atoms with Crippen LogP contribution in [0.5, 0.6) is 0 Å². The third-order valence-corrected chi connectivity index (χ3v) is 2.61. The Morgan fingerprint density at radius 3 is 1.79 bits per heavy atom. The molecular formula is C9H5F9O. The molecule has 1 fully saturated rings. The Morgan fingerprint density at radius 1 is 0.947 bits per heavy atom. The molecule has 0 bridgehead atoms. The summed E-state index contributed by atoms with van der Waals surface area (Å²) in [6.07, 6.45) is -4.80. The van der Waals surface area contributed by atoms with E-state index in [1.807, 2.05) is 0 Å². The molecule has 0 aliphatic heterocycles. The van der Waals surface area contributed by atoms with E-state index in [1.165, 1.54) is 0 Å². The molecule has 1 aliphatic rings. The van der Waals surface area contributed by atoms with E-state index in [9.17, 15) is 39.5 Å². The zero-order chi connectivity index (χ0) is 15.3. The first-order chi connectivity index (χ1) is 8.39. The van der Waals surface area contributed by atoms with Crippen LogP contribution >= 0.6 is 0 Å². The van der Waals surface area contributed by atoms with Crippen molar-refractivity contribution in [2.45, 2.75) is 29.8 Å². The maximum Gasteiger partial charge on any atom is 0.385 e. The fourth-order valence-electron chi connectivity index (χ4n) is 1.60. The lowest BCUT2D eigenvalue weighted by Gasteiger charge is -2.56. The van der Waals surface area contributed by atoms with E-state index in [0.29, 0.717) is 6.08 Å². The molecule has 0 saturated heterocycles. The number of allylic oxidation sites excluding steroid dienone is 1. The maximum absolute atomic E-state index is 13.6. The summed E-state index contributed by atoms with van der Waals surface area (Å²) in [5.74, 6) is -16.7. The summed E-state index contributed by atoms with van der Waals surface area (Å²) in [5, 5.41) is 0. The molecule has 2 unspecified atom stereocenters. The lowest BCUT2D eigenvalue weighted by molar-refractivity contribution is -0.497. The average Bonchev–Trinajstić information content (AvgIpc) is 2.27. The van der Waals surface area contributed by atoms with Crippen molar-refractivity contribution in [3.05, 3.63) is 24.7 Å². The minimum Gasteiger partial charge on any atom is -0.420 e. The van der Waals surface area contributed by atoms with Gasteiger partial charge in [-0.1, -0.05) is 6.08 Å². The summed E-state index contributed by atoms with van der Waals surface area (Å²) >= 11 is 0. The Hall–Kier alpha value is -1.35. The lowest BCUT2D eigenvalue weighted by atomic mass is 9.66. The van der Waals surface area contributed by atoms with Crippen LogP contribution in [0.3, 0.4) is 0 Å². The third-order valence-electron chi connectivity index (χ3n) is 2.61. The largest absolute Gasteiger partial charge is 0.420 e. The Kier molecular flexibility index (Phi) is 3.37. The first-order valence-corrected chi connectivity index (χ1v) is 4.53. The van der Waals surface area contributed by atoms with Crippen molar-refractivity contribution in [2.75, 3.05) is 0 Å². The fourth-order valence-corrected chi connectivity index (χ4v) is 1.60. The molecule has 1 saturated carbocycles. The molecule has 110 valence electrons. The molecule has 10 heteroatoms. The quantitative estimate of drug-likeness (QED) is 0.428. The van der Waals surface area contributed by atoms with Gasteiger partial charge in [0.2, 0.25) is 0 Å². The Balaban J connectivity index is 3.30. The van der Waals surface area contributed by atoms with Crippen molar-refractivity contribution in [3.63, 3.8) is 0 Å². The van der Waals surface area contributed by atoms with Crippen molar-refractivity contribution in [1.29, 1.82) is 0 Å². The van der Waals surface area contributed by atoms with Crippen LogP contribution in [0.25, 0.3) is 0 Å². The van der Waals surface area contributed by atoms with E-state index in [-0.39, 0.29) is 0 Å². The monoisotopic (exact) mass is 300 g/mol. The molecule has 0 amide bonds. The zero-order valence-electron chi connectivity index (χ0n) is 8.80. The number of hydrogen-bond acceptors (Lipinski definition) is 1. The third kappa shape index (κ3) is 1.57. The molecule has 1 rings (SSSR count). The summed E-state index contributed by atoms with van der Waals surface area (Å²) in [6.45, 7) is 2.73. The van der Waals surface area contributed by atoms with Crippen LogP contribution < -0.4 is 0 Å². The normalized spacial score (nSPS) is 35.2. The molecule has 0 N–H and O–H groups in total. The summed E-state index contributed by atoms with van der Waals surface area (Å²) in [7, 11) is 0. The first-order valence-electron chi connectivity index (χ1n) is 4.53. The van der Waals surface area contributed by atoms with E-state index in [0.717, 1.165) is 0 Å². The lowest BCUT2D eigenvalue weighted by Crippen LogP contribution is -2.86. The minimum absolute atomic E-state index is 0.300. The highest BCUT2D eigenvalue weighted by atomic mass is 19.3. The number of rotatable bonds is 4. The second-order valence-electron chi connectivity index (χ2n) is 3.67.